The smallest absolute Gasteiger partial charge is 0.385 e. The van der Waals surface area contributed by atoms with Gasteiger partial charge in [-0.15, -0.1) is 0 Å². The van der Waals surface area contributed by atoms with Gasteiger partial charge in [-0.05, 0) is 68.0 Å². The van der Waals surface area contributed by atoms with Crippen molar-refractivity contribution in [1.29, 1.82) is 0 Å². The number of alkyl halides is 3. The highest BCUT2D eigenvalue weighted by Crippen LogP contribution is 2.35. The summed E-state index contributed by atoms with van der Waals surface area (Å²) in [4.78, 5) is 27.0. The molecule has 37 heavy (non-hydrogen) atoms. The summed E-state index contributed by atoms with van der Waals surface area (Å²) in [7, 11) is 1.62. The van der Waals surface area contributed by atoms with Crippen LogP contribution in [0.15, 0.2) is 36.5 Å². The van der Waals surface area contributed by atoms with Crippen molar-refractivity contribution < 1.29 is 27.5 Å². The Labute approximate surface area is 218 Å². The zero-order valence-electron chi connectivity index (χ0n) is 20.8. The number of hydrogen-bond donors (Lipinski definition) is 0. The number of ketones is 1. The highest BCUT2D eigenvalue weighted by Gasteiger charge is 2.34. The quantitative estimate of drug-likeness (QED) is 0.255. The molecule has 198 valence electrons. The van der Waals surface area contributed by atoms with E-state index in [9.17, 15) is 22.8 Å². The largest absolute Gasteiger partial charge is 0.417 e. The molecule has 2 aromatic carbocycles. The van der Waals surface area contributed by atoms with Gasteiger partial charge < -0.3 is 9.64 Å². The normalized spacial score (nSPS) is 14.9. The topological polar surface area (TPSA) is 64.4 Å². The van der Waals surface area contributed by atoms with Crippen LogP contribution in [0.25, 0.3) is 10.9 Å². The van der Waals surface area contributed by atoms with E-state index < -0.39 is 22.7 Å². The Morgan fingerprint density at radius 1 is 1.16 bits per heavy atom. The number of Topliss-reactive ketones (excluding diaryl/α,β-unsaturated/α-hetero) is 1. The van der Waals surface area contributed by atoms with Gasteiger partial charge in [-0.1, -0.05) is 11.6 Å². The molecule has 1 aliphatic rings. The van der Waals surface area contributed by atoms with Crippen LogP contribution in [0, 0.1) is 12.8 Å². The van der Waals surface area contributed by atoms with Crippen LogP contribution >= 0.6 is 11.6 Å². The summed E-state index contributed by atoms with van der Waals surface area (Å²) in [5, 5.41) is 5.15. The van der Waals surface area contributed by atoms with E-state index in [-0.39, 0.29) is 17.3 Å². The van der Waals surface area contributed by atoms with E-state index in [4.69, 9.17) is 16.3 Å². The lowest BCUT2D eigenvalue weighted by atomic mass is 9.96. The summed E-state index contributed by atoms with van der Waals surface area (Å²) in [5.74, 6) is -0.0709. The predicted molar refractivity (Wildman–Crippen MR) is 135 cm³/mol. The first kappa shape index (κ1) is 27.1. The maximum Gasteiger partial charge on any atom is 0.417 e. The summed E-state index contributed by atoms with van der Waals surface area (Å²) < 4.78 is 46.4. The third-order valence-electron chi connectivity index (χ3n) is 6.82. The number of piperidine rings is 1. The summed E-state index contributed by atoms with van der Waals surface area (Å²) in [6.45, 7) is 4.02. The molecule has 0 aliphatic carbocycles. The van der Waals surface area contributed by atoms with Gasteiger partial charge in [0.2, 0.25) is 0 Å². The second kappa shape index (κ2) is 11.2. The fourth-order valence-corrected chi connectivity index (χ4v) is 5.00. The second-order valence-electron chi connectivity index (χ2n) is 9.52. The molecule has 1 amide bonds. The Morgan fingerprint density at radius 2 is 1.89 bits per heavy atom. The Balaban J connectivity index is 1.38. The number of ether oxygens (including phenoxy) is 1. The zero-order valence-corrected chi connectivity index (χ0v) is 21.5. The van der Waals surface area contributed by atoms with Gasteiger partial charge in [-0.25, -0.2) is 0 Å². The van der Waals surface area contributed by atoms with Crippen LogP contribution in [0.3, 0.4) is 0 Å². The first-order valence-corrected chi connectivity index (χ1v) is 12.6. The average Bonchev–Trinajstić information content (AvgIpc) is 3.24. The number of benzene rings is 2. The molecule has 1 aromatic heterocycles. The van der Waals surface area contributed by atoms with Crippen LogP contribution in [0.4, 0.5) is 13.2 Å². The van der Waals surface area contributed by atoms with Crippen molar-refractivity contribution in [1.82, 2.24) is 14.7 Å². The third kappa shape index (κ3) is 6.33. The Hall–Kier alpha value is -2.91. The van der Waals surface area contributed by atoms with Gasteiger partial charge in [0.25, 0.3) is 5.91 Å². The highest BCUT2D eigenvalue weighted by atomic mass is 35.5. The molecule has 0 radical (unpaired) electrons. The number of amides is 1. The number of carbonyl (C=O) groups is 2. The van der Waals surface area contributed by atoms with Gasteiger partial charge in [0.15, 0.2) is 5.78 Å². The number of fused-ring (bicyclic) bond motifs is 1. The van der Waals surface area contributed by atoms with Crippen molar-refractivity contribution in [3.8, 4) is 0 Å². The lowest BCUT2D eigenvalue weighted by Gasteiger charge is -2.32. The number of carbonyl (C=O) groups excluding carboxylic acids is 2. The van der Waals surface area contributed by atoms with Crippen molar-refractivity contribution in [2.24, 2.45) is 5.92 Å². The molecule has 1 saturated heterocycles. The zero-order chi connectivity index (χ0) is 26.7. The number of aryl methyl sites for hydroxylation is 1. The van der Waals surface area contributed by atoms with Gasteiger partial charge in [0, 0.05) is 62.5 Å². The number of rotatable bonds is 8. The van der Waals surface area contributed by atoms with Crippen LogP contribution in [0.2, 0.25) is 5.02 Å². The minimum absolute atomic E-state index is 0.0172. The maximum atomic E-state index is 13.2. The van der Waals surface area contributed by atoms with Gasteiger partial charge in [0.05, 0.1) is 16.1 Å². The molecule has 1 fully saturated rings. The predicted octanol–water partition coefficient (Wildman–Crippen LogP) is 6.18. The minimum Gasteiger partial charge on any atom is -0.385 e. The van der Waals surface area contributed by atoms with Gasteiger partial charge >= 0.3 is 6.18 Å². The van der Waals surface area contributed by atoms with Crippen LogP contribution in [0.1, 0.15) is 57.5 Å². The van der Waals surface area contributed by atoms with Gasteiger partial charge in [-0.3, -0.25) is 14.3 Å². The molecule has 1 aliphatic heterocycles. The van der Waals surface area contributed by atoms with E-state index in [0.717, 1.165) is 28.6 Å². The number of methoxy groups -OCH3 is 1. The van der Waals surface area contributed by atoms with Crippen molar-refractivity contribution in [2.45, 2.75) is 45.3 Å². The van der Waals surface area contributed by atoms with Gasteiger partial charge in [0.1, 0.15) is 0 Å². The van der Waals surface area contributed by atoms with E-state index in [1.807, 2.05) is 29.9 Å². The first-order valence-electron chi connectivity index (χ1n) is 12.2. The molecule has 2 heterocycles. The molecule has 0 atom stereocenters. The van der Waals surface area contributed by atoms with Gasteiger partial charge in [-0.2, -0.15) is 18.3 Å². The molecule has 0 unspecified atom stereocenters. The van der Waals surface area contributed by atoms with E-state index >= 15 is 0 Å². The monoisotopic (exact) mass is 535 g/mol. The molecule has 0 spiro atoms. The lowest BCUT2D eigenvalue weighted by molar-refractivity contribution is -0.137. The van der Waals surface area contributed by atoms with E-state index in [2.05, 4.69) is 5.10 Å². The number of halogens is 4. The van der Waals surface area contributed by atoms with Crippen LogP contribution in [0.5, 0.6) is 0 Å². The molecule has 10 heteroatoms. The van der Waals surface area contributed by atoms with Crippen molar-refractivity contribution in [2.75, 3.05) is 26.8 Å². The van der Waals surface area contributed by atoms with Crippen molar-refractivity contribution >= 4 is 34.2 Å². The number of likely N-dealkylation sites (tertiary alicyclic amines) is 1. The summed E-state index contributed by atoms with van der Waals surface area (Å²) in [6, 6.07) is 7.10. The Morgan fingerprint density at radius 3 is 2.57 bits per heavy atom. The first-order chi connectivity index (χ1) is 17.6. The molecule has 0 saturated carbocycles. The number of aromatic nitrogens is 2. The molecular formula is C27H29ClF3N3O3. The summed E-state index contributed by atoms with van der Waals surface area (Å²) in [5.41, 5.74) is 1.39. The molecule has 6 nitrogen and oxygen atoms in total. The summed E-state index contributed by atoms with van der Waals surface area (Å²) >= 11 is 5.68. The maximum absolute atomic E-state index is 13.2. The number of hydrogen-bond acceptors (Lipinski definition) is 4. The second-order valence-corrected chi connectivity index (χ2v) is 9.93. The molecule has 0 bridgehead atoms. The molecule has 4 rings (SSSR count). The third-order valence-corrected chi connectivity index (χ3v) is 7.15. The summed E-state index contributed by atoms with van der Waals surface area (Å²) in [6.07, 6.45) is -0.156. The van der Waals surface area contributed by atoms with E-state index in [1.165, 1.54) is 6.07 Å². The van der Waals surface area contributed by atoms with Crippen LogP contribution in [-0.2, 0) is 17.5 Å². The van der Waals surface area contributed by atoms with Crippen LogP contribution < -0.4 is 0 Å². The highest BCUT2D eigenvalue weighted by molar-refractivity contribution is 6.31. The minimum atomic E-state index is -4.62. The van der Waals surface area contributed by atoms with Crippen molar-refractivity contribution in [3.63, 3.8) is 0 Å². The molecule has 3 aromatic rings. The average molecular weight is 536 g/mol. The SMILES string of the molecule is COCCCC(=O)c1cc2cn(CC3CCN(C(=O)c4ccc(Cl)c(C(F)(F)F)c4)CC3)nc2cc1C. The fourth-order valence-electron chi connectivity index (χ4n) is 4.77. The Bertz CT molecular complexity index is 1300. The standard InChI is InChI=1S/C27H29ClF3N3O3/c1-17-12-24-20(13-21(17)25(35)4-3-11-37-2)16-34(32-24)15-18-7-9-33(10-8-18)26(36)19-5-6-23(28)22(14-19)27(29,30)31/h5-6,12-14,16,18H,3-4,7-11,15H2,1-2H3. The molecular weight excluding hydrogens is 507 g/mol. The van der Waals surface area contributed by atoms with E-state index in [0.29, 0.717) is 57.5 Å². The molecule has 0 N–H and O–H groups in total. The lowest BCUT2D eigenvalue weighted by Crippen LogP contribution is -2.39. The number of nitrogens with zero attached hydrogens (tertiary/aromatic N) is 3. The van der Waals surface area contributed by atoms with Crippen molar-refractivity contribution in [3.05, 3.63) is 63.8 Å². The van der Waals surface area contributed by atoms with E-state index in [1.54, 1.807) is 12.0 Å². The Kier molecular flexibility index (Phi) is 8.23. The fraction of sp³-hybridized carbons (Fsp3) is 0.444. The van der Waals surface area contributed by atoms with Crippen LogP contribution in [-0.4, -0.2) is 53.2 Å².